The van der Waals surface area contributed by atoms with Crippen LogP contribution in [0.5, 0.6) is 0 Å². The summed E-state index contributed by atoms with van der Waals surface area (Å²) in [6.45, 7) is 13.3. The van der Waals surface area contributed by atoms with Gasteiger partial charge in [0.25, 0.3) is 0 Å². The highest BCUT2D eigenvalue weighted by Crippen LogP contribution is 2.22. The third kappa shape index (κ3) is 4.76. The first-order valence-corrected chi connectivity index (χ1v) is 7.49. The smallest absolute Gasteiger partial charge is 0.0934 e. The van der Waals surface area contributed by atoms with Crippen LogP contribution >= 0.6 is 11.3 Å². The summed E-state index contributed by atoms with van der Waals surface area (Å²) >= 11 is 1.86. The van der Waals surface area contributed by atoms with Crippen LogP contribution in [0.15, 0.2) is 0 Å². The summed E-state index contributed by atoms with van der Waals surface area (Å²) in [5, 5.41) is 4.84. The zero-order valence-electron chi connectivity index (χ0n) is 11.8. The minimum absolute atomic E-state index is 0.700. The van der Waals surface area contributed by atoms with Crippen LogP contribution in [0.4, 0.5) is 0 Å². The Hall–Kier alpha value is -0.410. The molecule has 1 heterocycles. The Kier molecular flexibility index (Phi) is 6.14. The SMILES string of the molecule is CCCNCC(Cc1nc(C)c(C)s1)C(C)C. The summed E-state index contributed by atoms with van der Waals surface area (Å²) < 4.78 is 0. The zero-order valence-corrected chi connectivity index (χ0v) is 12.7. The molecule has 0 radical (unpaired) electrons. The third-order valence-corrected chi connectivity index (χ3v) is 4.38. The van der Waals surface area contributed by atoms with Gasteiger partial charge in [0, 0.05) is 11.3 Å². The third-order valence-electron chi connectivity index (χ3n) is 3.29. The summed E-state index contributed by atoms with van der Waals surface area (Å²) in [7, 11) is 0. The van der Waals surface area contributed by atoms with Gasteiger partial charge < -0.3 is 5.32 Å². The number of rotatable bonds is 7. The van der Waals surface area contributed by atoms with Crippen molar-refractivity contribution in [2.75, 3.05) is 13.1 Å². The molecule has 1 aromatic rings. The van der Waals surface area contributed by atoms with Gasteiger partial charge in [0.05, 0.1) is 10.7 Å². The second-order valence-electron chi connectivity index (χ2n) is 5.16. The van der Waals surface area contributed by atoms with E-state index in [1.54, 1.807) is 0 Å². The minimum atomic E-state index is 0.700. The Bertz CT molecular complexity index is 311. The van der Waals surface area contributed by atoms with E-state index >= 15 is 0 Å². The van der Waals surface area contributed by atoms with Gasteiger partial charge in [0.2, 0.25) is 0 Å². The summed E-state index contributed by atoms with van der Waals surface area (Å²) in [4.78, 5) is 6.02. The lowest BCUT2D eigenvalue weighted by molar-refractivity contribution is 0.360. The zero-order chi connectivity index (χ0) is 12.8. The fraction of sp³-hybridized carbons (Fsp3) is 0.786. The normalized spacial score (nSPS) is 13.3. The Labute approximate surface area is 110 Å². The van der Waals surface area contributed by atoms with Crippen LogP contribution in [0.2, 0.25) is 0 Å². The number of thiazole rings is 1. The molecular weight excluding hydrogens is 228 g/mol. The molecule has 1 aromatic heterocycles. The Balaban J connectivity index is 2.54. The van der Waals surface area contributed by atoms with Crippen molar-refractivity contribution in [1.82, 2.24) is 10.3 Å². The summed E-state index contributed by atoms with van der Waals surface area (Å²) in [5.74, 6) is 1.41. The first kappa shape index (κ1) is 14.7. The fourth-order valence-electron chi connectivity index (χ4n) is 1.86. The Morgan fingerprint density at radius 1 is 1.29 bits per heavy atom. The second kappa shape index (κ2) is 7.12. The van der Waals surface area contributed by atoms with Crippen molar-refractivity contribution in [2.45, 2.75) is 47.5 Å². The van der Waals surface area contributed by atoms with Gasteiger partial charge in [-0.3, -0.25) is 0 Å². The maximum Gasteiger partial charge on any atom is 0.0934 e. The highest BCUT2D eigenvalue weighted by molar-refractivity contribution is 7.11. The van der Waals surface area contributed by atoms with Gasteiger partial charge in [-0.2, -0.15) is 0 Å². The van der Waals surface area contributed by atoms with E-state index in [1.165, 1.54) is 22.0 Å². The number of hydrogen-bond acceptors (Lipinski definition) is 3. The molecule has 0 fully saturated rings. The monoisotopic (exact) mass is 254 g/mol. The van der Waals surface area contributed by atoms with Crippen molar-refractivity contribution < 1.29 is 0 Å². The molecule has 0 bridgehead atoms. The predicted octanol–water partition coefficient (Wildman–Crippen LogP) is 3.57. The molecule has 2 nitrogen and oxygen atoms in total. The quantitative estimate of drug-likeness (QED) is 0.752. The molecule has 0 amide bonds. The van der Waals surface area contributed by atoms with E-state index in [0.29, 0.717) is 11.8 Å². The minimum Gasteiger partial charge on any atom is -0.316 e. The van der Waals surface area contributed by atoms with E-state index in [9.17, 15) is 0 Å². The van der Waals surface area contributed by atoms with E-state index in [4.69, 9.17) is 0 Å². The van der Waals surface area contributed by atoms with Gasteiger partial charge in [-0.1, -0.05) is 20.8 Å². The number of hydrogen-bond donors (Lipinski definition) is 1. The van der Waals surface area contributed by atoms with Crippen LogP contribution in [0.25, 0.3) is 0 Å². The van der Waals surface area contributed by atoms with E-state index in [1.807, 2.05) is 11.3 Å². The predicted molar refractivity (Wildman–Crippen MR) is 76.8 cm³/mol. The van der Waals surface area contributed by atoms with Crippen molar-refractivity contribution in [1.29, 1.82) is 0 Å². The van der Waals surface area contributed by atoms with Crippen molar-refractivity contribution in [3.8, 4) is 0 Å². The van der Waals surface area contributed by atoms with Crippen molar-refractivity contribution in [3.05, 3.63) is 15.6 Å². The van der Waals surface area contributed by atoms with Crippen LogP contribution < -0.4 is 5.32 Å². The lowest BCUT2D eigenvalue weighted by atomic mass is 9.92. The van der Waals surface area contributed by atoms with E-state index in [2.05, 4.69) is 44.9 Å². The van der Waals surface area contributed by atoms with Gasteiger partial charge in [-0.25, -0.2) is 4.98 Å². The molecule has 3 heteroatoms. The summed E-state index contributed by atoms with van der Waals surface area (Å²) in [5.41, 5.74) is 1.20. The van der Waals surface area contributed by atoms with Gasteiger partial charge >= 0.3 is 0 Å². The number of nitrogens with zero attached hydrogens (tertiary/aromatic N) is 1. The van der Waals surface area contributed by atoms with Gasteiger partial charge in [0.1, 0.15) is 0 Å². The van der Waals surface area contributed by atoms with Crippen LogP contribution in [0, 0.1) is 25.7 Å². The molecule has 98 valence electrons. The molecule has 0 saturated heterocycles. The molecule has 0 aliphatic rings. The number of nitrogens with one attached hydrogen (secondary N) is 1. The number of aromatic nitrogens is 1. The molecule has 0 aromatic carbocycles. The molecule has 1 atom stereocenters. The Morgan fingerprint density at radius 3 is 2.47 bits per heavy atom. The first-order chi connectivity index (χ1) is 8.04. The van der Waals surface area contributed by atoms with Crippen molar-refractivity contribution in [2.24, 2.45) is 11.8 Å². The van der Waals surface area contributed by atoms with Gasteiger partial charge in [0.15, 0.2) is 0 Å². The van der Waals surface area contributed by atoms with Crippen LogP contribution in [-0.4, -0.2) is 18.1 Å². The van der Waals surface area contributed by atoms with Crippen molar-refractivity contribution in [3.63, 3.8) is 0 Å². The van der Waals surface area contributed by atoms with E-state index < -0.39 is 0 Å². The molecule has 1 N–H and O–H groups in total. The molecule has 1 rings (SSSR count). The molecule has 17 heavy (non-hydrogen) atoms. The number of aryl methyl sites for hydroxylation is 2. The first-order valence-electron chi connectivity index (χ1n) is 6.68. The molecule has 1 unspecified atom stereocenters. The largest absolute Gasteiger partial charge is 0.316 e. The fourth-order valence-corrected chi connectivity index (χ4v) is 2.89. The molecular formula is C14H26N2S. The lowest BCUT2D eigenvalue weighted by Crippen LogP contribution is -2.28. The highest BCUT2D eigenvalue weighted by Gasteiger charge is 2.16. The molecule has 0 saturated carbocycles. The molecule has 0 spiro atoms. The highest BCUT2D eigenvalue weighted by atomic mass is 32.1. The summed E-state index contributed by atoms with van der Waals surface area (Å²) in [6, 6.07) is 0. The average molecular weight is 254 g/mol. The van der Waals surface area contributed by atoms with Gasteiger partial charge in [-0.05, 0) is 45.2 Å². The van der Waals surface area contributed by atoms with E-state index in [-0.39, 0.29) is 0 Å². The maximum atomic E-state index is 4.65. The molecule has 0 aliphatic carbocycles. The van der Waals surface area contributed by atoms with E-state index in [0.717, 1.165) is 19.5 Å². The second-order valence-corrected chi connectivity index (χ2v) is 6.45. The maximum absolute atomic E-state index is 4.65. The standard InChI is InChI=1S/C14H26N2S/c1-6-7-15-9-13(10(2)3)8-14-16-11(4)12(5)17-14/h10,13,15H,6-9H2,1-5H3. The Morgan fingerprint density at radius 2 is 2.00 bits per heavy atom. The average Bonchev–Trinajstić information content (AvgIpc) is 2.57. The van der Waals surface area contributed by atoms with Gasteiger partial charge in [-0.15, -0.1) is 11.3 Å². The molecule has 0 aliphatic heterocycles. The summed E-state index contributed by atoms with van der Waals surface area (Å²) in [6.07, 6.45) is 2.33. The topological polar surface area (TPSA) is 24.9 Å². The van der Waals surface area contributed by atoms with Crippen LogP contribution in [0.1, 0.15) is 42.8 Å². The lowest BCUT2D eigenvalue weighted by Gasteiger charge is -2.20. The van der Waals surface area contributed by atoms with Crippen molar-refractivity contribution >= 4 is 11.3 Å². The van der Waals surface area contributed by atoms with Crippen LogP contribution in [-0.2, 0) is 6.42 Å². The van der Waals surface area contributed by atoms with Crippen LogP contribution in [0.3, 0.4) is 0 Å².